The van der Waals surface area contributed by atoms with Gasteiger partial charge in [0.15, 0.2) is 12.7 Å². The van der Waals surface area contributed by atoms with Crippen LogP contribution in [0.25, 0.3) is 0 Å². The fraction of sp³-hybridized carbons (Fsp3) is 0.176. The Hall–Kier alpha value is -2.61. The number of benzene rings is 2. The number of hydrogen-bond donors (Lipinski definition) is 2. The van der Waals surface area contributed by atoms with Gasteiger partial charge in [-0.15, -0.1) is 0 Å². The Morgan fingerprint density at radius 2 is 1.84 bits per heavy atom. The van der Waals surface area contributed by atoms with Crippen LogP contribution in [-0.4, -0.2) is 24.5 Å². The number of amides is 2. The molecule has 2 rings (SSSR count). The summed E-state index contributed by atoms with van der Waals surface area (Å²) in [6.07, 6.45) is -0.821. The highest BCUT2D eigenvalue weighted by Crippen LogP contribution is 2.18. The predicted octanol–water partition coefficient (Wildman–Crippen LogP) is 2.58. The van der Waals surface area contributed by atoms with Gasteiger partial charge in [-0.25, -0.2) is 4.39 Å². The van der Waals surface area contributed by atoms with Gasteiger partial charge in [-0.3, -0.25) is 20.4 Å². The van der Waals surface area contributed by atoms with E-state index in [4.69, 9.17) is 9.47 Å². The third kappa shape index (κ3) is 6.42. The molecule has 0 aliphatic heterocycles. The lowest BCUT2D eigenvalue weighted by atomic mass is 10.3. The summed E-state index contributed by atoms with van der Waals surface area (Å²) < 4.78 is 24.4. The van der Waals surface area contributed by atoms with Gasteiger partial charge in [0.1, 0.15) is 17.3 Å². The fourth-order valence-corrected chi connectivity index (χ4v) is 2.15. The number of rotatable bonds is 6. The van der Waals surface area contributed by atoms with E-state index in [1.807, 2.05) is 6.07 Å². The Labute approximate surface area is 152 Å². The molecular formula is C17H16BrFN2O4. The lowest BCUT2D eigenvalue weighted by Crippen LogP contribution is -2.48. The van der Waals surface area contributed by atoms with Gasteiger partial charge in [0.25, 0.3) is 11.8 Å². The summed E-state index contributed by atoms with van der Waals surface area (Å²) in [4.78, 5) is 23.5. The van der Waals surface area contributed by atoms with E-state index >= 15 is 0 Å². The summed E-state index contributed by atoms with van der Waals surface area (Å²) >= 11 is 3.30. The van der Waals surface area contributed by atoms with Crippen LogP contribution in [0, 0.1) is 5.82 Å². The molecule has 6 nitrogen and oxygen atoms in total. The normalized spacial score (nSPS) is 11.3. The molecule has 0 aliphatic carbocycles. The zero-order chi connectivity index (χ0) is 18.2. The average molecular weight is 411 g/mol. The smallest absolute Gasteiger partial charge is 0.279 e. The topological polar surface area (TPSA) is 76.7 Å². The Kier molecular flexibility index (Phi) is 6.76. The van der Waals surface area contributed by atoms with Crippen LogP contribution in [0.3, 0.4) is 0 Å². The lowest BCUT2D eigenvalue weighted by molar-refractivity contribution is -0.133. The molecule has 0 unspecified atom stereocenters. The molecule has 2 N–H and O–H groups in total. The van der Waals surface area contributed by atoms with Gasteiger partial charge < -0.3 is 9.47 Å². The van der Waals surface area contributed by atoms with Crippen LogP contribution in [0.5, 0.6) is 11.5 Å². The molecule has 1 atom stereocenters. The van der Waals surface area contributed by atoms with Crippen molar-refractivity contribution in [3.05, 3.63) is 58.8 Å². The maximum Gasteiger partial charge on any atom is 0.279 e. The molecule has 8 heteroatoms. The SMILES string of the molecule is C[C@@H](Oc1cccc(Br)c1)C(=O)NNC(=O)COc1cccc(F)c1. The van der Waals surface area contributed by atoms with Crippen molar-refractivity contribution in [2.24, 2.45) is 0 Å². The fourth-order valence-electron chi connectivity index (χ4n) is 1.77. The van der Waals surface area contributed by atoms with Gasteiger partial charge in [-0.1, -0.05) is 28.1 Å². The summed E-state index contributed by atoms with van der Waals surface area (Å²) in [6.45, 7) is 1.18. The Morgan fingerprint density at radius 3 is 2.56 bits per heavy atom. The van der Waals surface area contributed by atoms with E-state index in [2.05, 4.69) is 26.8 Å². The second kappa shape index (κ2) is 9.03. The number of ether oxygens (including phenoxy) is 2. The molecule has 0 spiro atoms. The maximum atomic E-state index is 13.0. The van der Waals surface area contributed by atoms with Crippen molar-refractivity contribution in [1.82, 2.24) is 10.9 Å². The van der Waals surface area contributed by atoms with Crippen LogP contribution < -0.4 is 20.3 Å². The van der Waals surface area contributed by atoms with Gasteiger partial charge in [0, 0.05) is 10.5 Å². The van der Waals surface area contributed by atoms with E-state index in [0.29, 0.717) is 5.75 Å². The minimum absolute atomic E-state index is 0.216. The Morgan fingerprint density at radius 1 is 1.12 bits per heavy atom. The zero-order valence-corrected chi connectivity index (χ0v) is 14.9. The molecule has 25 heavy (non-hydrogen) atoms. The third-order valence-corrected chi connectivity index (χ3v) is 3.46. The second-order valence-electron chi connectivity index (χ2n) is 5.00. The van der Waals surface area contributed by atoms with E-state index in [1.54, 1.807) is 25.1 Å². The minimum atomic E-state index is -0.821. The molecule has 0 radical (unpaired) electrons. The Balaban J connectivity index is 1.74. The van der Waals surface area contributed by atoms with Crippen molar-refractivity contribution in [1.29, 1.82) is 0 Å². The van der Waals surface area contributed by atoms with Crippen molar-refractivity contribution in [2.45, 2.75) is 13.0 Å². The van der Waals surface area contributed by atoms with Crippen molar-refractivity contribution < 1.29 is 23.5 Å². The molecule has 2 aromatic carbocycles. The monoisotopic (exact) mass is 410 g/mol. The highest BCUT2D eigenvalue weighted by molar-refractivity contribution is 9.10. The Bertz CT molecular complexity index is 757. The van der Waals surface area contributed by atoms with Gasteiger partial charge >= 0.3 is 0 Å². The lowest BCUT2D eigenvalue weighted by Gasteiger charge is -2.15. The van der Waals surface area contributed by atoms with E-state index in [-0.39, 0.29) is 12.4 Å². The molecule has 2 amide bonds. The van der Waals surface area contributed by atoms with Gasteiger partial charge in [0.2, 0.25) is 0 Å². The number of halogens is 2. The molecule has 0 saturated heterocycles. The molecule has 0 heterocycles. The first-order valence-electron chi connectivity index (χ1n) is 7.33. The summed E-state index contributed by atoms with van der Waals surface area (Å²) in [5.74, 6) is -0.860. The van der Waals surface area contributed by atoms with Crippen LogP contribution in [0.4, 0.5) is 4.39 Å². The number of hydrogen-bond acceptors (Lipinski definition) is 4. The van der Waals surface area contributed by atoms with Crippen molar-refractivity contribution in [3.8, 4) is 11.5 Å². The summed E-state index contributed by atoms with van der Waals surface area (Å²) in [5, 5.41) is 0. The number of hydrazine groups is 1. The van der Waals surface area contributed by atoms with Crippen molar-refractivity contribution in [3.63, 3.8) is 0 Å². The average Bonchev–Trinajstić information content (AvgIpc) is 2.58. The molecule has 2 aromatic rings. The molecule has 0 fully saturated rings. The van der Waals surface area contributed by atoms with Gasteiger partial charge in [-0.05, 0) is 37.3 Å². The van der Waals surface area contributed by atoms with Crippen LogP contribution in [0.1, 0.15) is 6.92 Å². The van der Waals surface area contributed by atoms with Crippen molar-refractivity contribution in [2.75, 3.05) is 6.61 Å². The summed E-state index contributed by atoms with van der Waals surface area (Å²) in [6, 6.07) is 12.4. The number of nitrogens with one attached hydrogen (secondary N) is 2. The quantitative estimate of drug-likeness (QED) is 0.717. The third-order valence-electron chi connectivity index (χ3n) is 2.97. The molecule has 0 aliphatic rings. The van der Waals surface area contributed by atoms with E-state index < -0.39 is 23.7 Å². The van der Waals surface area contributed by atoms with Gasteiger partial charge in [0.05, 0.1) is 0 Å². The summed E-state index contributed by atoms with van der Waals surface area (Å²) in [7, 11) is 0. The first-order valence-corrected chi connectivity index (χ1v) is 8.12. The number of carbonyl (C=O) groups excluding carboxylic acids is 2. The highest BCUT2D eigenvalue weighted by Gasteiger charge is 2.15. The number of carbonyl (C=O) groups is 2. The predicted molar refractivity (Wildman–Crippen MR) is 92.4 cm³/mol. The largest absolute Gasteiger partial charge is 0.484 e. The molecule has 132 valence electrons. The molecule has 0 saturated carbocycles. The van der Waals surface area contributed by atoms with E-state index in [1.165, 1.54) is 18.2 Å². The minimum Gasteiger partial charge on any atom is -0.484 e. The first-order chi connectivity index (χ1) is 11.9. The van der Waals surface area contributed by atoms with Crippen LogP contribution >= 0.6 is 15.9 Å². The molecular weight excluding hydrogens is 395 g/mol. The molecule has 0 bridgehead atoms. The zero-order valence-electron chi connectivity index (χ0n) is 13.3. The van der Waals surface area contributed by atoms with E-state index in [0.717, 1.165) is 10.5 Å². The van der Waals surface area contributed by atoms with Gasteiger partial charge in [-0.2, -0.15) is 0 Å². The van der Waals surface area contributed by atoms with Crippen LogP contribution in [0.2, 0.25) is 0 Å². The van der Waals surface area contributed by atoms with Crippen molar-refractivity contribution >= 4 is 27.7 Å². The maximum absolute atomic E-state index is 13.0. The molecule has 0 aromatic heterocycles. The van der Waals surface area contributed by atoms with Crippen LogP contribution in [-0.2, 0) is 9.59 Å². The standard InChI is InChI=1S/C17H16BrFN2O4/c1-11(25-15-7-2-4-12(18)8-15)17(23)21-20-16(22)10-24-14-6-3-5-13(19)9-14/h2-9,11H,10H2,1H3,(H,20,22)(H,21,23)/t11-/m1/s1. The second-order valence-corrected chi connectivity index (χ2v) is 5.92. The highest BCUT2D eigenvalue weighted by atomic mass is 79.9. The first kappa shape index (κ1) is 18.7. The van der Waals surface area contributed by atoms with E-state index in [9.17, 15) is 14.0 Å². The van der Waals surface area contributed by atoms with Crippen LogP contribution in [0.15, 0.2) is 53.0 Å². The summed E-state index contributed by atoms with van der Waals surface area (Å²) in [5.41, 5.74) is 4.43.